The maximum atomic E-state index is 11.9. The summed E-state index contributed by atoms with van der Waals surface area (Å²) in [6, 6.07) is 11.4. The monoisotopic (exact) mass is 400 g/mol. The Hall–Kier alpha value is -1.41. The van der Waals surface area contributed by atoms with Gasteiger partial charge in [-0.3, -0.25) is 4.79 Å². The zero-order valence-electron chi connectivity index (χ0n) is 10.7. The predicted molar refractivity (Wildman–Crippen MR) is 90.2 cm³/mol. The Morgan fingerprint density at radius 2 is 2.30 bits per heavy atom. The number of benzene rings is 1. The van der Waals surface area contributed by atoms with E-state index in [2.05, 4.69) is 33.1 Å². The SMILES string of the molecule is CC(O/N=C/c1cccs1)C(=O)Nc1cccc(I)c1. The molecule has 0 fully saturated rings. The highest BCUT2D eigenvalue weighted by Crippen LogP contribution is 2.13. The molecule has 4 nitrogen and oxygen atoms in total. The number of amides is 1. The molecule has 0 saturated heterocycles. The van der Waals surface area contributed by atoms with Crippen molar-refractivity contribution in [3.8, 4) is 0 Å². The van der Waals surface area contributed by atoms with Gasteiger partial charge in [0, 0.05) is 14.1 Å². The van der Waals surface area contributed by atoms with Crippen molar-refractivity contribution in [1.29, 1.82) is 0 Å². The van der Waals surface area contributed by atoms with Gasteiger partial charge in [-0.2, -0.15) is 0 Å². The van der Waals surface area contributed by atoms with E-state index in [1.807, 2.05) is 41.8 Å². The van der Waals surface area contributed by atoms with Crippen LogP contribution in [0.1, 0.15) is 11.8 Å². The molecule has 20 heavy (non-hydrogen) atoms. The van der Waals surface area contributed by atoms with Crippen LogP contribution in [0.5, 0.6) is 0 Å². The quantitative estimate of drug-likeness (QED) is 0.473. The summed E-state index contributed by atoms with van der Waals surface area (Å²) in [5.74, 6) is -0.227. The van der Waals surface area contributed by atoms with E-state index in [0.717, 1.165) is 14.1 Å². The van der Waals surface area contributed by atoms with Crippen molar-refractivity contribution in [3.63, 3.8) is 0 Å². The fourth-order valence-electron chi connectivity index (χ4n) is 1.40. The van der Waals surface area contributed by atoms with Crippen LogP contribution in [-0.2, 0) is 9.63 Å². The topological polar surface area (TPSA) is 50.7 Å². The largest absolute Gasteiger partial charge is 0.383 e. The normalized spacial score (nSPS) is 12.3. The standard InChI is InChI=1S/C14H13IN2O2S/c1-10(19-16-9-13-6-3-7-20-13)14(18)17-12-5-2-4-11(15)8-12/h2-10H,1H3,(H,17,18)/b16-9+. The van der Waals surface area contributed by atoms with Gasteiger partial charge < -0.3 is 10.2 Å². The lowest BCUT2D eigenvalue weighted by molar-refractivity contribution is -0.126. The first-order valence-corrected chi connectivity index (χ1v) is 7.90. The molecule has 1 aromatic heterocycles. The third-order valence-corrected chi connectivity index (χ3v) is 3.88. The van der Waals surface area contributed by atoms with Gasteiger partial charge in [0.1, 0.15) is 0 Å². The third kappa shape index (κ3) is 4.61. The predicted octanol–water partition coefficient (Wildman–Crippen LogP) is 3.73. The summed E-state index contributed by atoms with van der Waals surface area (Å²) in [6.07, 6.45) is 0.948. The maximum absolute atomic E-state index is 11.9. The number of nitrogens with one attached hydrogen (secondary N) is 1. The van der Waals surface area contributed by atoms with Crippen molar-refractivity contribution in [2.75, 3.05) is 5.32 Å². The van der Waals surface area contributed by atoms with Crippen molar-refractivity contribution < 1.29 is 9.63 Å². The van der Waals surface area contributed by atoms with Crippen molar-refractivity contribution in [1.82, 2.24) is 0 Å². The second-order valence-electron chi connectivity index (χ2n) is 4.00. The highest BCUT2D eigenvalue weighted by Gasteiger charge is 2.14. The number of halogens is 1. The highest BCUT2D eigenvalue weighted by atomic mass is 127. The molecule has 6 heteroatoms. The number of carbonyl (C=O) groups excluding carboxylic acids is 1. The zero-order chi connectivity index (χ0) is 14.4. The Kier molecular flexibility index (Phi) is 5.54. The molecule has 1 aromatic carbocycles. The van der Waals surface area contributed by atoms with Crippen LogP contribution in [0.3, 0.4) is 0 Å². The lowest BCUT2D eigenvalue weighted by atomic mass is 10.3. The summed E-state index contributed by atoms with van der Waals surface area (Å²) in [6.45, 7) is 1.66. The van der Waals surface area contributed by atoms with Gasteiger partial charge in [0.2, 0.25) is 6.10 Å². The molecule has 1 unspecified atom stereocenters. The van der Waals surface area contributed by atoms with E-state index < -0.39 is 6.10 Å². The fourth-order valence-corrected chi connectivity index (χ4v) is 2.51. The summed E-state index contributed by atoms with van der Waals surface area (Å²) in [5.41, 5.74) is 0.750. The second-order valence-corrected chi connectivity index (χ2v) is 6.22. The molecule has 1 heterocycles. The summed E-state index contributed by atoms with van der Waals surface area (Å²) in [5, 5.41) is 8.56. The van der Waals surface area contributed by atoms with E-state index in [9.17, 15) is 4.79 Å². The first-order valence-electron chi connectivity index (χ1n) is 5.94. The molecule has 1 amide bonds. The molecule has 104 valence electrons. The van der Waals surface area contributed by atoms with Crippen LogP contribution >= 0.6 is 33.9 Å². The number of nitrogens with zero attached hydrogens (tertiary/aromatic N) is 1. The number of rotatable bonds is 5. The van der Waals surface area contributed by atoms with E-state index in [0.29, 0.717) is 0 Å². The Bertz CT molecular complexity index is 599. The van der Waals surface area contributed by atoms with Crippen LogP contribution in [0, 0.1) is 3.57 Å². The average Bonchev–Trinajstić information content (AvgIpc) is 2.91. The number of oxime groups is 1. The molecule has 0 saturated carbocycles. The molecule has 0 aliphatic rings. The van der Waals surface area contributed by atoms with Crippen LogP contribution in [-0.4, -0.2) is 18.2 Å². The number of carbonyl (C=O) groups is 1. The highest BCUT2D eigenvalue weighted by molar-refractivity contribution is 14.1. The average molecular weight is 400 g/mol. The molecule has 1 atom stereocenters. The van der Waals surface area contributed by atoms with Gasteiger partial charge in [0.25, 0.3) is 5.91 Å². The van der Waals surface area contributed by atoms with Crippen LogP contribution in [0.15, 0.2) is 46.9 Å². The lowest BCUT2D eigenvalue weighted by Gasteiger charge is -2.10. The molecule has 0 aliphatic heterocycles. The molecule has 0 spiro atoms. The van der Waals surface area contributed by atoms with Crippen LogP contribution in [0.4, 0.5) is 5.69 Å². The van der Waals surface area contributed by atoms with Gasteiger partial charge in [0.15, 0.2) is 0 Å². The van der Waals surface area contributed by atoms with Gasteiger partial charge in [-0.15, -0.1) is 11.3 Å². The molecule has 0 bridgehead atoms. The Morgan fingerprint density at radius 1 is 1.45 bits per heavy atom. The first-order chi connectivity index (χ1) is 9.65. The van der Waals surface area contributed by atoms with Gasteiger partial charge in [0.05, 0.1) is 6.21 Å². The van der Waals surface area contributed by atoms with Crippen LogP contribution in [0.2, 0.25) is 0 Å². The van der Waals surface area contributed by atoms with Crippen molar-refractivity contribution >= 4 is 51.7 Å². The summed E-state index contributed by atoms with van der Waals surface area (Å²) in [7, 11) is 0. The van der Waals surface area contributed by atoms with Gasteiger partial charge in [-0.1, -0.05) is 17.3 Å². The molecule has 0 aliphatic carbocycles. The molecule has 2 aromatic rings. The van der Waals surface area contributed by atoms with Gasteiger partial charge >= 0.3 is 0 Å². The third-order valence-electron chi connectivity index (χ3n) is 2.40. The number of hydrogen-bond donors (Lipinski definition) is 1. The summed E-state index contributed by atoms with van der Waals surface area (Å²) < 4.78 is 1.06. The maximum Gasteiger partial charge on any atom is 0.267 e. The van der Waals surface area contributed by atoms with Crippen LogP contribution in [0.25, 0.3) is 0 Å². The fraction of sp³-hybridized carbons (Fsp3) is 0.143. The van der Waals surface area contributed by atoms with E-state index in [1.165, 1.54) is 0 Å². The summed E-state index contributed by atoms with van der Waals surface area (Å²) in [4.78, 5) is 18.0. The van der Waals surface area contributed by atoms with Crippen molar-refractivity contribution in [3.05, 3.63) is 50.2 Å². The Morgan fingerprint density at radius 3 is 3.00 bits per heavy atom. The molecular weight excluding hydrogens is 387 g/mol. The molecular formula is C14H13IN2O2S. The number of thiophene rings is 1. The first kappa shape index (κ1) is 15.0. The molecule has 2 rings (SSSR count). The van der Waals surface area contributed by atoms with Crippen LogP contribution < -0.4 is 5.32 Å². The number of hydrogen-bond acceptors (Lipinski definition) is 4. The van der Waals surface area contributed by atoms with Gasteiger partial charge in [-0.05, 0) is 59.2 Å². The Labute approximate surface area is 135 Å². The molecule has 0 radical (unpaired) electrons. The van der Waals surface area contributed by atoms with E-state index >= 15 is 0 Å². The van der Waals surface area contributed by atoms with E-state index in [4.69, 9.17) is 4.84 Å². The minimum absolute atomic E-state index is 0.227. The number of anilines is 1. The Balaban J connectivity index is 1.86. The smallest absolute Gasteiger partial charge is 0.267 e. The van der Waals surface area contributed by atoms with Gasteiger partial charge in [-0.25, -0.2) is 0 Å². The minimum Gasteiger partial charge on any atom is -0.383 e. The van der Waals surface area contributed by atoms with E-state index in [1.54, 1.807) is 24.5 Å². The lowest BCUT2D eigenvalue weighted by Crippen LogP contribution is -2.26. The summed E-state index contributed by atoms with van der Waals surface area (Å²) >= 11 is 3.75. The molecule has 1 N–H and O–H groups in total. The van der Waals surface area contributed by atoms with E-state index in [-0.39, 0.29) is 5.91 Å². The minimum atomic E-state index is -0.649. The van der Waals surface area contributed by atoms with Crippen molar-refractivity contribution in [2.24, 2.45) is 5.16 Å². The second kappa shape index (κ2) is 7.39. The zero-order valence-corrected chi connectivity index (χ0v) is 13.7. The van der Waals surface area contributed by atoms with Crippen molar-refractivity contribution in [2.45, 2.75) is 13.0 Å².